The van der Waals surface area contributed by atoms with E-state index in [4.69, 9.17) is 4.74 Å². The summed E-state index contributed by atoms with van der Waals surface area (Å²) in [6.45, 7) is 6.04. The first-order valence-corrected chi connectivity index (χ1v) is 17.4. The van der Waals surface area contributed by atoms with E-state index >= 15 is 0 Å². The fourth-order valence-corrected chi connectivity index (χ4v) is 9.42. The second-order valence-electron chi connectivity index (χ2n) is 14.3. The predicted molar refractivity (Wildman–Crippen MR) is 163 cm³/mol. The number of carbonyl (C=O) groups is 1. The van der Waals surface area contributed by atoms with Crippen molar-refractivity contribution in [2.24, 2.45) is 23.7 Å². The molecule has 3 heteroatoms. The normalized spacial score (nSPS) is 35.3. The molecule has 39 heavy (non-hydrogen) atoms. The average molecular weight is 538 g/mol. The van der Waals surface area contributed by atoms with E-state index in [-0.39, 0.29) is 12.1 Å². The SMILES string of the molecule is C=CC(=O)OC1CCC(N(C2CCC(C)CC2)C2CCC(C=C(C3CCCCC3)C3CCCCC3)CC2)CC1. The summed E-state index contributed by atoms with van der Waals surface area (Å²) in [6, 6.07) is 2.22. The van der Waals surface area contributed by atoms with Crippen LogP contribution in [0.5, 0.6) is 0 Å². The second-order valence-corrected chi connectivity index (χ2v) is 14.3. The molecule has 0 atom stereocenters. The highest BCUT2D eigenvalue weighted by Gasteiger charge is 2.38. The maximum atomic E-state index is 11.8. The number of ether oxygens (including phenoxy) is 1. The molecule has 0 saturated heterocycles. The van der Waals surface area contributed by atoms with Crippen molar-refractivity contribution in [2.75, 3.05) is 0 Å². The number of nitrogens with zero attached hydrogens (tertiary/aromatic N) is 1. The Balaban J connectivity index is 1.23. The van der Waals surface area contributed by atoms with Crippen molar-refractivity contribution in [3.8, 4) is 0 Å². The van der Waals surface area contributed by atoms with Gasteiger partial charge in [-0.2, -0.15) is 0 Å². The molecule has 0 aromatic heterocycles. The molecule has 0 aliphatic heterocycles. The van der Waals surface area contributed by atoms with Gasteiger partial charge in [0.1, 0.15) is 6.10 Å². The summed E-state index contributed by atoms with van der Waals surface area (Å²) < 4.78 is 5.64. The van der Waals surface area contributed by atoms with Crippen molar-refractivity contribution < 1.29 is 9.53 Å². The minimum atomic E-state index is -0.247. The molecule has 5 rings (SSSR count). The Morgan fingerprint density at radius 3 is 1.59 bits per heavy atom. The zero-order valence-electron chi connectivity index (χ0n) is 25.3. The molecule has 3 nitrogen and oxygen atoms in total. The third kappa shape index (κ3) is 8.02. The minimum absolute atomic E-state index is 0.0962. The number of rotatable bonds is 8. The summed E-state index contributed by atoms with van der Waals surface area (Å²) in [5.41, 5.74) is 1.93. The van der Waals surface area contributed by atoms with E-state index in [1.807, 2.05) is 5.57 Å². The smallest absolute Gasteiger partial charge is 0.330 e. The zero-order chi connectivity index (χ0) is 27.0. The summed E-state index contributed by atoms with van der Waals surface area (Å²) in [5, 5.41) is 0. The lowest BCUT2D eigenvalue weighted by molar-refractivity contribution is -0.145. The first-order valence-electron chi connectivity index (χ1n) is 17.4. The fourth-order valence-electron chi connectivity index (χ4n) is 9.42. The Kier molecular flexibility index (Phi) is 11.1. The van der Waals surface area contributed by atoms with E-state index in [9.17, 15) is 4.79 Å². The highest BCUT2D eigenvalue weighted by atomic mass is 16.5. The van der Waals surface area contributed by atoms with Gasteiger partial charge in [-0.05, 0) is 126 Å². The van der Waals surface area contributed by atoms with Gasteiger partial charge in [-0.25, -0.2) is 4.79 Å². The second kappa shape index (κ2) is 14.7. The molecule has 0 aromatic rings. The first kappa shape index (κ1) is 29.4. The predicted octanol–water partition coefficient (Wildman–Crippen LogP) is 9.55. The lowest BCUT2D eigenvalue weighted by Crippen LogP contribution is -2.53. The van der Waals surface area contributed by atoms with Gasteiger partial charge < -0.3 is 4.74 Å². The van der Waals surface area contributed by atoms with Crippen LogP contribution in [0, 0.1) is 23.7 Å². The molecule has 0 bridgehead atoms. The molecule has 0 aromatic carbocycles. The summed E-state index contributed by atoms with van der Waals surface area (Å²) in [6.07, 6.45) is 34.5. The van der Waals surface area contributed by atoms with Crippen LogP contribution in [0.4, 0.5) is 0 Å². The standard InChI is InChI=1S/C36H59NO2/c1-3-36(38)39-34-24-22-33(23-25-34)37(31-18-14-27(2)15-19-31)32-20-16-28(17-21-32)26-35(29-10-6-4-7-11-29)30-12-8-5-9-13-30/h3,26-34H,1,4-25H2,2H3. The molecule has 5 saturated carbocycles. The molecule has 5 aliphatic carbocycles. The average Bonchev–Trinajstić information content (AvgIpc) is 2.99. The molecule has 0 spiro atoms. The molecular weight excluding hydrogens is 478 g/mol. The van der Waals surface area contributed by atoms with Crippen molar-refractivity contribution in [3.63, 3.8) is 0 Å². The minimum Gasteiger partial charge on any atom is -0.459 e. The van der Waals surface area contributed by atoms with E-state index < -0.39 is 0 Å². The highest BCUT2D eigenvalue weighted by Crippen LogP contribution is 2.43. The number of carbonyl (C=O) groups excluding carboxylic acids is 1. The molecule has 220 valence electrons. The maximum Gasteiger partial charge on any atom is 0.330 e. The summed E-state index contributed by atoms with van der Waals surface area (Å²) in [7, 11) is 0. The first-order chi connectivity index (χ1) is 19.1. The fraction of sp³-hybridized carbons (Fsp3) is 0.861. The highest BCUT2D eigenvalue weighted by molar-refractivity contribution is 5.81. The molecule has 0 heterocycles. The van der Waals surface area contributed by atoms with E-state index in [0.29, 0.717) is 6.04 Å². The van der Waals surface area contributed by atoms with Gasteiger partial charge in [0.15, 0.2) is 0 Å². The molecular formula is C36H59NO2. The number of allylic oxidation sites excluding steroid dienone is 2. The molecule has 0 unspecified atom stereocenters. The maximum absolute atomic E-state index is 11.8. The van der Waals surface area contributed by atoms with Crippen LogP contribution in [0.25, 0.3) is 0 Å². The van der Waals surface area contributed by atoms with Gasteiger partial charge in [-0.15, -0.1) is 0 Å². The monoisotopic (exact) mass is 537 g/mol. The van der Waals surface area contributed by atoms with Crippen LogP contribution in [0.3, 0.4) is 0 Å². The molecule has 0 amide bonds. The number of hydrogen-bond acceptors (Lipinski definition) is 3. The van der Waals surface area contributed by atoms with Crippen molar-refractivity contribution in [1.29, 1.82) is 0 Å². The van der Waals surface area contributed by atoms with Crippen LogP contribution in [-0.4, -0.2) is 35.1 Å². The van der Waals surface area contributed by atoms with Crippen molar-refractivity contribution >= 4 is 5.97 Å². The van der Waals surface area contributed by atoms with Crippen molar-refractivity contribution in [1.82, 2.24) is 4.90 Å². The Morgan fingerprint density at radius 1 is 0.641 bits per heavy atom. The van der Waals surface area contributed by atoms with Crippen LogP contribution in [-0.2, 0) is 9.53 Å². The van der Waals surface area contributed by atoms with Gasteiger partial charge in [-0.3, -0.25) is 4.90 Å². The molecule has 0 N–H and O–H groups in total. The van der Waals surface area contributed by atoms with E-state index in [0.717, 1.165) is 48.6 Å². The Hall–Kier alpha value is -1.09. The van der Waals surface area contributed by atoms with Crippen molar-refractivity contribution in [2.45, 2.75) is 172 Å². The van der Waals surface area contributed by atoms with Gasteiger partial charge in [0.2, 0.25) is 0 Å². The largest absolute Gasteiger partial charge is 0.459 e. The lowest BCUT2D eigenvalue weighted by atomic mass is 9.71. The summed E-state index contributed by atoms with van der Waals surface area (Å²) >= 11 is 0. The van der Waals surface area contributed by atoms with Gasteiger partial charge in [0.05, 0.1) is 0 Å². The summed E-state index contributed by atoms with van der Waals surface area (Å²) in [4.78, 5) is 14.8. The van der Waals surface area contributed by atoms with Gasteiger partial charge in [0, 0.05) is 24.2 Å². The van der Waals surface area contributed by atoms with E-state index in [2.05, 4.69) is 24.5 Å². The number of hydrogen-bond donors (Lipinski definition) is 0. The van der Waals surface area contributed by atoms with Crippen LogP contribution in [0.15, 0.2) is 24.3 Å². The zero-order valence-corrected chi connectivity index (χ0v) is 25.3. The van der Waals surface area contributed by atoms with Crippen molar-refractivity contribution in [3.05, 3.63) is 24.3 Å². The third-order valence-corrected chi connectivity index (χ3v) is 11.7. The van der Waals surface area contributed by atoms with Gasteiger partial charge >= 0.3 is 5.97 Å². The molecule has 5 fully saturated rings. The van der Waals surface area contributed by atoms with Crippen LogP contribution in [0.2, 0.25) is 0 Å². The van der Waals surface area contributed by atoms with Crippen LogP contribution >= 0.6 is 0 Å². The van der Waals surface area contributed by atoms with Crippen LogP contribution in [0.1, 0.15) is 148 Å². The third-order valence-electron chi connectivity index (χ3n) is 11.7. The quantitative estimate of drug-likeness (QED) is 0.175. The molecule has 5 aliphatic rings. The van der Waals surface area contributed by atoms with Crippen LogP contribution < -0.4 is 0 Å². The molecule has 0 radical (unpaired) electrons. The van der Waals surface area contributed by atoms with Gasteiger partial charge in [0.25, 0.3) is 0 Å². The van der Waals surface area contributed by atoms with Gasteiger partial charge in [-0.1, -0.05) is 63.7 Å². The Bertz CT molecular complexity index is 763. The Morgan fingerprint density at radius 2 is 1.10 bits per heavy atom. The number of esters is 1. The summed E-state index contributed by atoms with van der Waals surface area (Å²) in [5.74, 6) is 3.29. The Labute approximate surface area is 240 Å². The lowest BCUT2D eigenvalue weighted by Gasteiger charge is -2.49. The topological polar surface area (TPSA) is 29.5 Å². The van der Waals surface area contributed by atoms with E-state index in [1.54, 1.807) is 0 Å². The van der Waals surface area contributed by atoms with E-state index in [1.165, 1.54) is 134 Å².